The van der Waals surface area contributed by atoms with E-state index in [4.69, 9.17) is 28.4 Å². The van der Waals surface area contributed by atoms with E-state index in [2.05, 4.69) is 56.8 Å². The van der Waals surface area contributed by atoms with Gasteiger partial charge in [0, 0.05) is 28.6 Å². The Morgan fingerprint density at radius 2 is 1.12 bits per heavy atom. The number of aliphatic hydroxyl groups is 2. The first-order valence-corrected chi connectivity index (χ1v) is 22.9. The molecule has 326 valence electrons. The molecule has 0 aromatic rings. The van der Waals surface area contributed by atoms with Gasteiger partial charge in [-0.2, -0.15) is 0 Å². The predicted molar refractivity (Wildman–Crippen MR) is 223 cm³/mol. The van der Waals surface area contributed by atoms with Gasteiger partial charge in [0.25, 0.3) is 0 Å². The van der Waals surface area contributed by atoms with E-state index >= 15 is 0 Å². The number of nitrogens with zero attached hydrogens (tertiary/aromatic N) is 3. The molecule has 11 heteroatoms. The van der Waals surface area contributed by atoms with Crippen LogP contribution in [0.1, 0.15) is 166 Å². The fraction of sp³-hybridized carbons (Fsp3) is 0.956. The third kappa shape index (κ3) is 14.2. The number of hydrogen-bond acceptors (Lipinski definition) is 9. The van der Waals surface area contributed by atoms with Gasteiger partial charge in [-0.1, -0.05) is 151 Å². The zero-order valence-corrected chi connectivity index (χ0v) is 37.0. The maximum atomic E-state index is 11.5. The van der Waals surface area contributed by atoms with Gasteiger partial charge in [-0.15, -0.1) is 0 Å². The van der Waals surface area contributed by atoms with Crippen molar-refractivity contribution in [3.8, 4) is 0 Å². The Bertz CT molecular complexity index is 1130. The zero-order valence-electron chi connectivity index (χ0n) is 37.0. The first-order valence-electron chi connectivity index (χ1n) is 22.9. The van der Waals surface area contributed by atoms with Crippen LogP contribution in [-0.2, 0) is 28.4 Å². The van der Waals surface area contributed by atoms with E-state index in [1.807, 2.05) is 34.6 Å². The van der Waals surface area contributed by atoms with Gasteiger partial charge in [-0.3, -0.25) is 0 Å². The Morgan fingerprint density at radius 3 is 1.68 bits per heavy atom. The lowest BCUT2D eigenvalue weighted by molar-refractivity contribution is -0.354. The molecule has 0 radical (unpaired) electrons. The van der Waals surface area contributed by atoms with E-state index in [1.165, 1.54) is 70.6 Å². The van der Waals surface area contributed by atoms with Crippen LogP contribution in [0.15, 0.2) is 17.3 Å². The molecule has 3 aliphatic heterocycles. The Labute approximate surface area is 340 Å². The average Bonchev–Trinajstić information content (AvgIpc) is 3.19. The molecule has 3 fully saturated rings. The number of hydrogen-bond donors (Lipinski definition) is 2. The van der Waals surface area contributed by atoms with Crippen molar-refractivity contribution in [3.05, 3.63) is 22.6 Å². The third-order valence-electron chi connectivity index (χ3n) is 13.3. The summed E-state index contributed by atoms with van der Waals surface area (Å²) in [6.45, 7) is 21.0. The smallest absolute Gasteiger partial charge is 0.184 e. The van der Waals surface area contributed by atoms with Crippen molar-refractivity contribution in [2.45, 2.75) is 233 Å². The second kappa shape index (κ2) is 26.0. The number of azide groups is 1. The van der Waals surface area contributed by atoms with Gasteiger partial charge in [0.05, 0.1) is 49.3 Å². The van der Waals surface area contributed by atoms with Crippen molar-refractivity contribution >= 4 is 0 Å². The SMILES string of the molecule is CCCCCCCCCCCCCC=C[C@@H](C)[C@H](CO[C@@H]1OC(CC)[C@H](O[C@@H]2OC(CC)[C@H](O[C@@H]3OC(CC)[C@H](C)[C@H](O)C3C)[C@H](C)C2C)[C@H](C)C1O)N=[N+]=[N-]. The number of ether oxygens (including phenoxy) is 6. The van der Waals surface area contributed by atoms with Crippen LogP contribution >= 0.6 is 0 Å². The van der Waals surface area contributed by atoms with Crippen LogP contribution < -0.4 is 0 Å². The van der Waals surface area contributed by atoms with E-state index < -0.39 is 43.2 Å². The van der Waals surface area contributed by atoms with E-state index in [9.17, 15) is 15.7 Å². The highest BCUT2D eigenvalue weighted by molar-refractivity contribution is 4.95. The quantitative estimate of drug-likeness (QED) is 0.0305. The maximum Gasteiger partial charge on any atom is 0.184 e. The van der Waals surface area contributed by atoms with Gasteiger partial charge in [0.1, 0.15) is 6.10 Å². The molecule has 3 aliphatic rings. The molecule has 2 N–H and O–H groups in total. The fourth-order valence-electron chi connectivity index (χ4n) is 8.87. The molecular weight excluding hydrogens is 711 g/mol. The third-order valence-corrected chi connectivity index (χ3v) is 13.3. The Kier molecular flexibility index (Phi) is 22.8. The minimum Gasteiger partial charge on any atom is -0.392 e. The minimum absolute atomic E-state index is 0.0163. The van der Waals surface area contributed by atoms with E-state index in [1.54, 1.807) is 0 Å². The van der Waals surface area contributed by atoms with Crippen LogP contribution in [0, 0.1) is 35.5 Å². The van der Waals surface area contributed by atoms with E-state index in [-0.39, 0.29) is 66.5 Å². The normalized spacial score (nSPS) is 37.7. The van der Waals surface area contributed by atoms with Crippen LogP contribution in [0.25, 0.3) is 10.4 Å². The lowest BCUT2D eigenvalue weighted by Crippen LogP contribution is -2.59. The lowest BCUT2D eigenvalue weighted by Gasteiger charge is -2.50. The topological polar surface area (TPSA) is 145 Å². The highest BCUT2D eigenvalue weighted by atomic mass is 16.7. The minimum atomic E-state index is -0.943. The molecule has 0 saturated carbocycles. The Hall–Kier alpha value is -1.27. The summed E-state index contributed by atoms with van der Waals surface area (Å²) in [6.07, 6.45) is 17.5. The molecule has 3 rings (SSSR count). The number of aliphatic hydroxyl groups excluding tert-OH is 2. The van der Waals surface area contributed by atoms with E-state index in [0.29, 0.717) is 6.42 Å². The van der Waals surface area contributed by atoms with E-state index in [0.717, 1.165) is 19.3 Å². The van der Waals surface area contributed by atoms with Crippen molar-refractivity contribution in [2.24, 2.45) is 40.6 Å². The van der Waals surface area contributed by atoms with Crippen molar-refractivity contribution < 1.29 is 38.6 Å². The molecule has 0 amide bonds. The highest BCUT2D eigenvalue weighted by Gasteiger charge is 2.50. The summed E-state index contributed by atoms with van der Waals surface area (Å²) >= 11 is 0. The maximum absolute atomic E-state index is 11.5. The standard InChI is InChI=1S/C45H83N3O8/c1-11-15-16-17-18-19-20-21-22-23-24-25-26-27-29(5)35(47-48-46)28-51-45-40(50)33(9)42(38(14-4)54-45)56-43-31(7)30(6)41(37(13-3)53-43)55-44-34(10)39(49)32(8)36(12-2)52-44/h26-27,29-45,49-50H,11-25,28H2,1-10H3/t29-,30-,31?,32+,33-,34?,35+,36?,37?,38?,39+,40?,41-,42-,43+,44+,45-/m1/s1. The lowest BCUT2D eigenvalue weighted by atomic mass is 9.82. The molecule has 0 bridgehead atoms. The summed E-state index contributed by atoms with van der Waals surface area (Å²) in [7, 11) is 0. The highest BCUT2D eigenvalue weighted by Crippen LogP contribution is 2.41. The van der Waals surface area contributed by atoms with Crippen molar-refractivity contribution in [1.29, 1.82) is 0 Å². The largest absolute Gasteiger partial charge is 0.392 e. The molecule has 0 aromatic heterocycles. The zero-order chi connectivity index (χ0) is 41.2. The summed E-state index contributed by atoms with van der Waals surface area (Å²) in [5.74, 6) is -0.360. The Balaban J connectivity index is 1.49. The van der Waals surface area contributed by atoms with Gasteiger partial charge in [0.2, 0.25) is 0 Å². The molecule has 0 spiro atoms. The summed E-state index contributed by atoms with van der Waals surface area (Å²) in [4.78, 5) is 3.11. The van der Waals surface area contributed by atoms with Crippen molar-refractivity contribution in [3.63, 3.8) is 0 Å². The molecular formula is C45H83N3O8. The molecule has 11 nitrogen and oxygen atoms in total. The predicted octanol–water partition coefficient (Wildman–Crippen LogP) is 10.7. The second-order valence-corrected chi connectivity index (χ2v) is 17.5. The van der Waals surface area contributed by atoms with Crippen LogP contribution in [0.5, 0.6) is 0 Å². The van der Waals surface area contributed by atoms with Crippen LogP contribution in [-0.4, -0.2) is 84.5 Å². The first-order chi connectivity index (χ1) is 26.9. The summed E-state index contributed by atoms with van der Waals surface area (Å²) in [6, 6.07) is -0.422. The monoisotopic (exact) mass is 794 g/mol. The van der Waals surface area contributed by atoms with Crippen LogP contribution in [0.3, 0.4) is 0 Å². The second-order valence-electron chi connectivity index (χ2n) is 17.5. The average molecular weight is 794 g/mol. The van der Waals surface area contributed by atoms with Crippen LogP contribution in [0.2, 0.25) is 0 Å². The van der Waals surface area contributed by atoms with Crippen LogP contribution in [0.4, 0.5) is 0 Å². The molecule has 0 aromatic carbocycles. The number of unbranched alkanes of at least 4 members (excludes halogenated alkanes) is 11. The van der Waals surface area contributed by atoms with Crippen molar-refractivity contribution in [1.82, 2.24) is 0 Å². The van der Waals surface area contributed by atoms with Gasteiger partial charge in [-0.25, -0.2) is 0 Å². The number of allylic oxidation sites excluding steroid dienone is 1. The van der Waals surface area contributed by atoms with Gasteiger partial charge in [0.15, 0.2) is 18.9 Å². The molecule has 56 heavy (non-hydrogen) atoms. The summed E-state index contributed by atoms with van der Waals surface area (Å²) < 4.78 is 39.0. The Morgan fingerprint density at radius 1 is 0.625 bits per heavy atom. The molecule has 0 aliphatic carbocycles. The first kappa shape index (κ1) is 49.1. The summed E-state index contributed by atoms with van der Waals surface area (Å²) in [5.41, 5.74) is 9.34. The molecule has 3 saturated heterocycles. The van der Waals surface area contributed by atoms with Crippen molar-refractivity contribution in [2.75, 3.05) is 6.61 Å². The molecule has 17 atom stereocenters. The number of rotatable bonds is 25. The summed E-state index contributed by atoms with van der Waals surface area (Å²) in [5, 5.41) is 26.5. The molecule has 3 heterocycles. The molecule has 6 unspecified atom stereocenters. The van der Waals surface area contributed by atoms with Gasteiger partial charge < -0.3 is 38.6 Å². The van der Waals surface area contributed by atoms with Gasteiger partial charge >= 0.3 is 0 Å². The van der Waals surface area contributed by atoms with Gasteiger partial charge in [-0.05, 0) is 49.5 Å². The fourth-order valence-corrected chi connectivity index (χ4v) is 8.87.